The number of nitrogens with two attached hydrogens (primary N) is 1. The summed E-state index contributed by atoms with van der Waals surface area (Å²) in [6.07, 6.45) is 2.03. The molecule has 3 rings (SSSR count). The molecule has 0 spiro atoms. The molecular formula is C18H21ClN2O2. The van der Waals surface area contributed by atoms with Crippen LogP contribution in [-0.2, 0) is 0 Å². The molecule has 4 nitrogen and oxygen atoms in total. The first kappa shape index (κ1) is 17.2. The highest BCUT2D eigenvalue weighted by atomic mass is 35.5. The third-order valence-corrected chi connectivity index (χ3v) is 4.04. The van der Waals surface area contributed by atoms with Crippen LogP contribution in [0.3, 0.4) is 0 Å². The number of aromatic nitrogens is 1. The Hall–Kier alpha value is -2.17. The number of aromatic amines is 1. The summed E-state index contributed by atoms with van der Waals surface area (Å²) in [7, 11) is 3.30. The van der Waals surface area contributed by atoms with Crippen molar-refractivity contribution in [3.8, 4) is 11.5 Å². The largest absolute Gasteiger partial charge is 0.493 e. The van der Waals surface area contributed by atoms with Crippen LogP contribution in [-0.4, -0.2) is 25.7 Å². The second kappa shape index (κ2) is 7.40. The van der Waals surface area contributed by atoms with Crippen molar-refractivity contribution in [2.24, 2.45) is 5.73 Å². The first-order chi connectivity index (χ1) is 10.8. The molecule has 122 valence electrons. The minimum absolute atomic E-state index is 0. The minimum Gasteiger partial charge on any atom is -0.493 e. The fourth-order valence-electron chi connectivity index (χ4n) is 2.99. The third-order valence-electron chi connectivity index (χ3n) is 4.04. The van der Waals surface area contributed by atoms with Gasteiger partial charge in [-0.3, -0.25) is 0 Å². The van der Waals surface area contributed by atoms with Gasteiger partial charge < -0.3 is 20.2 Å². The average molecular weight is 333 g/mol. The number of H-pyrrole nitrogens is 1. The summed E-state index contributed by atoms with van der Waals surface area (Å²) < 4.78 is 11.0. The number of hydrogen-bond donors (Lipinski definition) is 2. The molecule has 0 bridgehead atoms. The van der Waals surface area contributed by atoms with Gasteiger partial charge in [0.15, 0.2) is 11.5 Å². The van der Waals surface area contributed by atoms with E-state index in [1.165, 1.54) is 10.9 Å². The molecule has 0 aliphatic heterocycles. The van der Waals surface area contributed by atoms with Gasteiger partial charge in [0.05, 0.1) is 14.2 Å². The number of para-hydroxylation sites is 2. The Bertz CT molecular complexity index is 786. The second-order valence-corrected chi connectivity index (χ2v) is 5.16. The van der Waals surface area contributed by atoms with E-state index in [4.69, 9.17) is 15.2 Å². The van der Waals surface area contributed by atoms with Crippen molar-refractivity contribution >= 4 is 23.3 Å². The molecule has 2 aromatic carbocycles. The third kappa shape index (κ3) is 3.00. The van der Waals surface area contributed by atoms with Gasteiger partial charge >= 0.3 is 0 Å². The van der Waals surface area contributed by atoms with E-state index in [2.05, 4.69) is 17.1 Å². The van der Waals surface area contributed by atoms with Gasteiger partial charge in [0, 0.05) is 35.1 Å². The van der Waals surface area contributed by atoms with E-state index < -0.39 is 0 Å². The van der Waals surface area contributed by atoms with Crippen LogP contribution in [0.15, 0.2) is 48.7 Å². The molecule has 3 aromatic rings. The van der Waals surface area contributed by atoms with E-state index in [9.17, 15) is 0 Å². The summed E-state index contributed by atoms with van der Waals surface area (Å²) in [4.78, 5) is 3.31. The van der Waals surface area contributed by atoms with Crippen LogP contribution in [0.1, 0.15) is 17.0 Å². The maximum atomic E-state index is 6.09. The maximum absolute atomic E-state index is 6.09. The number of halogens is 1. The Balaban J connectivity index is 0.00000192. The van der Waals surface area contributed by atoms with Gasteiger partial charge in [0.2, 0.25) is 0 Å². The van der Waals surface area contributed by atoms with Crippen molar-refractivity contribution in [1.29, 1.82) is 0 Å². The van der Waals surface area contributed by atoms with Gasteiger partial charge in [-0.25, -0.2) is 0 Å². The Kier molecular flexibility index (Phi) is 5.53. The predicted molar refractivity (Wildman–Crippen MR) is 96.0 cm³/mol. The highest BCUT2D eigenvalue weighted by Crippen LogP contribution is 2.39. The summed E-state index contributed by atoms with van der Waals surface area (Å²) in [5.41, 5.74) is 9.41. The van der Waals surface area contributed by atoms with Crippen LogP contribution in [0, 0.1) is 0 Å². The molecular weight excluding hydrogens is 312 g/mol. The predicted octanol–water partition coefficient (Wildman–Crippen LogP) is 3.70. The van der Waals surface area contributed by atoms with Crippen LogP contribution in [0.5, 0.6) is 11.5 Å². The summed E-state index contributed by atoms with van der Waals surface area (Å²) in [6.45, 7) is 0.491. The van der Waals surface area contributed by atoms with Gasteiger partial charge in [-0.1, -0.05) is 30.3 Å². The molecule has 0 fully saturated rings. The Morgan fingerprint density at radius 3 is 2.48 bits per heavy atom. The van der Waals surface area contributed by atoms with Crippen LogP contribution in [0.2, 0.25) is 0 Å². The first-order valence-corrected chi connectivity index (χ1v) is 7.27. The van der Waals surface area contributed by atoms with Crippen molar-refractivity contribution in [2.75, 3.05) is 20.8 Å². The highest BCUT2D eigenvalue weighted by molar-refractivity contribution is 5.85. The molecule has 0 saturated carbocycles. The number of rotatable bonds is 5. The standard InChI is InChI=1S/C18H20N2O2.ClH/c1-21-17-9-5-7-13(18(17)22-2)14(10-19)15-11-20-16-8-4-3-6-12(15)16;/h3-9,11,14,20H,10,19H2,1-2H3;1H. The van der Waals surface area contributed by atoms with Crippen molar-refractivity contribution in [3.05, 3.63) is 59.8 Å². The lowest BCUT2D eigenvalue weighted by molar-refractivity contribution is 0.350. The molecule has 3 N–H and O–H groups in total. The Labute approximate surface area is 142 Å². The molecule has 0 amide bonds. The Morgan fingerprint density at radius 1 is 1.00 bits per heavy atom. The molecule has 1 unspecified atom stereocenters. The Morgan fingerprint density at radius 2 is 1.78 bits per heavy atom. The van der Waals surface area contributed by atoms with E-state index >= 15 is 0 Å². The molecule has 0 radical (unpaired) electrons. The quantitative estimate of drug-likeness (QED) is 0.749. The molecule has 1 atom stereocenters. The lowest BCUT2D eigenvalue weighted by Gasteiger charge is -2.19. The zero-order valence-corrected chi connectivity index (χ0v) is 14.0. The number of benzene rings is 2. The zero-order valence-electron chi connectivity index (χ0n) is 13.2. The van der Waals surface area contributed by atoms with Gasteiger partial charge in [0.1, 0.15) is 0 Å². The number of ether oxygens (including phenoxy) is 2. The molecule has 0 aliphatic carbocycles. The molecule has 1 aromatic heterocycles. The van der Waals surface area contributed by atoms with E-state index in [-0.39, 0.29) is 18.3 Å². The van der Waals surface area contributed by atoms with E-state index in [1.54, 1.807) is 14.2 Å². The van der Waals surface area contributed by atoms with Gasteiger partial charge in [0.25, 0.3) is 0 Å². The lowest BCUT2D eigenvalue weighted by Crippen LogP contribution is -2.14. The van der Waals surface area contributed by atoms with Crippen LogP contribution >= 0.6 is 12.4 Å². The van der Waals surface area contributed by atoms with Crippen molar-refractivity contribution < 1.29 is 9.47 Å². The topological polar surface area (TPSA) is 60.3 Å². The summed E-state index contributed by atoms with van der Waals surface area (Å²) in [6, 6.07) is 14.1. The minimum atomic E-state index is 0. The SMILES string of the molecule is COc1cccc(C(CN)c2c[nH]c3ccccc23)c1OC.Cl. The molecule has 0 saturated heterocycles. The molecule has 1 heterocycles. The van der Waals surface area contributed by atoms with Gasteiger partial charge in [-0.15, -0.1) is 12.4 Å². The molecule has 5 heteroatoms. The van der Waals surface area contributed by atoms with Crippen LogP contribution < -0.4 is 15.2 Å². The average Bonchev–Trinajstić information content (AvgIpc) is 2.99. The maximum Gasteiger partial charge on any atom is 0.164 e. The van der Waals surface area contributed by atoms with Crippen LogP contribution in [0.4, 0.5) is 0 Å². The molecule has 23 heavy (non-hydrogen) atoms. The van der Waals surface area contributed by atoms with Crippen LogP contribution in [0.25, 0.3) is 10.9 Å². The van der Waals surface area contributed by atoms with Gasteiger partial charge in [-0.05, 0) is 17.7 Å². The van der Waals surface area contributed by atoms with Crippen molar-refractivity contribution in [2.45, 2.75) is 5.92 Å². The highest BCUT2D eigenvalue weighted by Gasteiger charge is 2.22. The summed E-state index contributed by atoms with van der Waals surface area (Å²) in [5, 5.41) is 1.18. The van der Waals surface area contributed by atoms with E-state index in [0.29, 0.717) is 6.54 Å². The smallest absolute Gasteiger partial charge is 0.164 e. The van der Waals surface area contributed by atoms with Crippen molar-refractivity contribution in [1.82, 2.24) is 4.98 Å². The first-order valence-electron chi connectivity index (χ1n) is 7.27. The second-order valence-electron chi connectivity index (χ2n) is 5.16. The summed E-state index contributed by atoms with van der Waals surface area (Å²) in [5.74, 6) is 1.50. The number of nitrogens with one attached hydrogen (secondary N) is 1. The number of hydrogen-bond acceptors (Lipinski definition) is 3. The zero-order chi connectivity index (χ0) is 15.5. The number of methoxy groups -OCH3 is 2. The van der Waals surface area contributed by atoms with Gasteiger partial charge in [-0.2, -0.15) is 0 Å². The molecule has 0 aliphatic rings. The monoisotopic (exact) mass is 332 g/mol. The van der Waals surface area contributed by atoms with E-state index in [1.807, 2.05) is 36.5 Å². The fraction of sp³-hybridized carbons (Fsp3) is 0.222. The fourth-order valence-corrected chi connectivity index (χ4v) is 2.99. The number of fused-ring (bicyclic) bond motifs is 1. The lowest BCUT2D eigenvalue weighted by atomic mass is 9.90. The normalized spacial score (nSPS) is 11.8. The van der Waals surface area contributed by atoms with E-state index in [0.717, 1.165) is 22.6 Å². The van der Waals surface area contributed by atoms with Crippen molar-refractivity contribution in [3.63, 3.8) is 0 Å². The summed E-state index contributed by atoms with van der Waals surface area (Å²) >= 11 is 0.